The minimum atomic E-state index is -3.87. The minimum Gasteiger partial charge on any atom is -0.301 e. The van der Waals surface area contributed by atoms with Crippen molar-refractivity contribution in [2.45, 2.75) is 24.3 Å². The zero-order chi connectivity index (χ0) is 23.0. The van der Waals surface area contributed by atoms with Gasteiger partial charge < -0.3 is 4.90 Å². The summed E-state index contributed by atoms with van der Waals surface area (Å²) in [6.45, 7) is 1.69. The van der Waals surface area contributed by atoms with E-state index in [1.807, 2.05) is 31.1 Å². The fourth-order valence-electron chi connectivity index (χ4n) is 3.48. The molecule has 2 aromatic rings. The summed E-state index contributed by atoms with van der Waals surface area (Å²) in [7, 11) is -3.89. The molecule has 1 N–H and O–H groups in total. The summed E-state index contributed by atoms with van der Waals surface area (Å²) in [5.74, 6) is -0.770. The van der Waals surface area contributed by atoms with Crippen molar-refractivity contribution in [3.05, 3.63) is 58.6 Å². The van der Waals surface area contributed by atoms with Gasteiger partial charge in [-0.05, 0) is 62.5 Å². The summed E-state index contributed by atoms with van der Waals surface area (Å²) in [4.78, 5) is 13.9. The van der Waals surface area contributed by atoms with Gasteiger partial charge >= 0.3 is 0 Å². The first-order valence-electron chi connectivity index (χ1n) is 9.50. The molecule has 1 saturated heterocycles. The van der Waals surface area contributed by atoms with Gasteiger partial charge in [0.1, 0.15) is 0 Å². The maximum absolute atomic E-state index is 12.9. The molecular formula is C20H24ClN3O5S2. The van der Waals surface area contributed by atoms with E-state index in [9.17, 15) is 21.6 Å². The van der Waals surface area contributed by atoms with E-state index < -0.39 is 26.0 Å². The molecule has 0 saturated carbocycles. The van der Waals surface area contributed by atoms with Crippen molar-refractivity contribution in [3.8, 4) is 0 Å². The Balaban J connectivity index is 1.83. The summed E-state index contributed by atoms with van der Waals surface area (Å²) in [6.07, 6.45) is -0.0837. The summed E-state index contributed by atoms with van der Waals surface area (Å²) in [5.41, 5.74) is 1.39. The van der Waals surface area contributed by atoms with Crippen molar-refractivity contribution in [2.75, 3.05) is 30.7 Å². The Kier molecular flexibility index (Phi) is 6.78. The first-order valence-corrected chi connectivity index (χ1v) is 13.0. The number of aryl methyl sites for hydroxylation is 1. The van der Waals surface area contributed by atoms with Gasteiger partial charge in [0.15, 0.2) is 0 Å². The molecule has 2 aromatic carbocycles. The second-order valence-electron chi connectivity index (χ2n) is 7.56. The predicted molar refractivity (Wildman–Crippen MR) is 120 cm³/mol. The van der Waals surface area contributed by atoms with Gasteiger partial charge in [-0.15, -0.1) is 0 Å². The first-order chi connectivity index (χ1) is 14.4. The van der Waals surface area contributed by atoms with Gasteiger partial charge in [0.25, 0.3) is 0 Å². The molecule has 1 amide bonds. The normalized spacial score (nSPS) is 17.3. The quantitative estimate of drug-likeness (QED) is 0.645. The highest BCUT2D eigenvalue weighted by molar-refractivity contribution is 7.94. The smallest absolute Gasteiger partial charge is 0.242 e. The average Bonchev–Trinajstić information content (AvgIpc) is 2.95. The molecule has 1 heterocycles. The number of nitrogens with zero attached hydrogens (tertiary/aromatic N) is 2. The molecule has 11 heteroatoms. The molecule has 168 valence electrons. The van der Waals surface area contributed by atoms with Crippen molar-refractivity contribution in [3.63, 3.8) is 0 Å². The summed E-state index contributed by atoms with van der Waals surface area (Å²) < 4.78 is 53.5. The molecule has 1 aliphatic heterocycles. The summed E-state index contributed by atoms with van der Waals surface area (Å²) >= 11 is 5.94. The van der Waals surface area contributed by atoms with Gasteiger partial charge in [-0.2, -0.15) is 0 Å². The number of benzene rings is 2. The van der Waals surface area contributed by atoms with Gasteiger partial charge in [0, 0.05) is 24.0 Å². The Morgan fingerprint density at radius 1 is 1.16 bits per heavy atom. The van der Waals surface area contributed by atoms with Crippen molar-refractivity contribution in [1.29, 1.82) is 0 Å². The number of anilines is 1. The third-order valence-corrected chi connectivity index (χ3v) is 8.63. The largest absolute Gasteiger partial charge is 0.301 e. The lowest BCUT2D eigenvalue weighted by molar-refractivity contribution is -0.116. The van der Waals surface area contributed by atoms with Crippen LogP contribution in [0, 0.1) is 6.92 Å². The molecular weight excluding hydrogens is 462 g/mol. The van der Waals surface area contributed by atoms with Gasteiger partial charge in [-0.25, -0.2) is 25.9 Å². The second kappa shape index (κ2) is 8.87. The fourth-order valence-corrected chi connectivity index (χ4v) is 6.32. The number of rotatable bonds is 7. The van der Waals surface area contributed by atoms with E-state index in [2.05, 4.69) is 4.72 Å². The molecule has 0 bridgehead atoms. The highest BCUT2D eigenvalue weighted by Crippen LogP contribution is 2.29. The first kappa shape index (κ1) is 23.7. The van der Waals surface area contributed by atoms with Crippen LogP contribution in [-0.2, 0) is 24.8 Å². The van der Waals surface area contributed by atoms with E-state index in [1.54, 1.807) is 19.1 Å². The van der Waals surface area contributed by atoms with Crippen LogP contribution in [0.4, 0.5) is 5.69 Å². The minimum absolute atomic E-state index is 0.0221. The third-order valence-electron chi connectivity index (χ3n) is 5.11. The van der Waals surface area contributed by atoms with Gasteiger partial charge in [0.2, 0.25) is 26.0 Å². The van der Waals surface area contributed by atoms with Crippen molar-refractivity contribution in [2.24, 2.45) is 0 Å². The monoisotopic (exact) mass is 485 g/mol. The molecule has 0 aliphatic carbocycles. The van der Waals surface area contributed by atoms with E-state index in [-0.39, 0.29) is 35.3 Å². The van der Waals surface area contributed by atoms with Crippen LogP contribution < -0.4 is 9.03 Å². The van der Waals surface area contributed by atoms with Gasteiger partial charge in [-0.1, -0.05) is 23.7 Å². The Morgan fingerprint density at radius 2 is 1.81 bits per heavy atom. The van der Waals surface area contributed by atoms with E-state index in [1.165, 1.54) is 18.2 Å². The SMILES string of the molecule is Cc1cc(N2C(=O)CCS2(=O)=O)ccc1S(=O)(=O)NCC(c1ccc(Cl)cc1)N(C)C. The number of carbonyl (C=O) groups is 1. The van der Waals surface area contributed by atoms with E-state index in [0.29, 0.717) is 10.6 Å². The highest BCUT2D eigenvalue weighted by Gasteiger charge is 2.36. The van der Waals surface area contributed by atoms with Crippen LogP contribution in [0.25, 0.3) is 0 Å². The number of sulfonamides is 2. The Labute approximate surface area is 187 Å². The van der Waals surface area contributed by atoms with Gasteiger partial charge in [0.05, 0.1) is 16.3 Å². The molecule has 1 unspecified atom stereocenters. The topological polar surface area (TPSA) is 104 Å². The molecule has 1 fully saturated rings. The zero-order valence-electron chi connectivity index (χ0n) is 17.4. The van der Waals surface area contributed by atoms with Crippen LogP contribution >= 0.6 is 11.6 Å². The lowest BCUT2D eigenvalue weighted by Crippen LogP contribution is -2.35. The number of hydrogen-bond acceptors (Lipinski definition) is 6. The van der Waals surface area contributed by atoms with Gasteiger partial charge in [-0.3, -0.25) is 4.79 Å². The van der Waals surface area contributed by atoms with E-state index in [0.717, 1.165) is 9.87 Å². The Hall–Kier alpha value is -1.98. The summed E-state index contributed by atoms with van der Waals surface area (Å²) in [6, 6.07) is 11.0. The van der Waals surface area contributed by atoms with Crippen molar-refractivity contribution in [1.82, 2.24) is 9.62 Å². The van der Waals surface area contributed by atoms with Crippen LogP contribution in [0.5, 0.6) is 0 Å². The lowest BCUT2D eigenvalue weighted by atomic mass is 10.1. The molecule has 1 aliphatic rings. The average molecular weight is 486 g/mol. The van der Waals surface area contributed by atoms with Crippen LogP contribution in [0.3, 0.4) is 0 Å². The van der Waals surface area contributed by atoms with Crippen LogP contribution in [-0.4, -0.2) is 54.0 Å². The van der Waals surface area contributed by atoms with Crippen LogP contribution in [0.15, 0.2) is 47.4 Å². The van der Waals surface area contributed by atoms with Crippen LogP contribution in [0.2, 0.25) is 5.02 Å². The van der Waals surface area contributed by atoms with Crippen molar-refractivity contribution >= 4 is 43.2 Å². The number of hydrogen-bond donors (Lipinski definition) is 1. The molecule has 3 rings (SSSR count). The summed E-state index contributed by atoms with van der Waals surface area (Å²) in [5, 5.41) is 0.594. The lowest BCUT2D eigenvalue weighted by Gasteiger charge is -2.25. The fraction of sp³-hybridized carbons (Fsp3) is 0.350. The number of carbonyl (C=O) groups excluding carboxylic acids is 1. The number of nitrogens with one attached hydrogen (secondary N) is 1. The number of halogens is 1. The molecule has 0 aromatic heterocycles. The molecule has 1 atom stereocenters. The standard InChI is InChI=1S/C20H24ClN3O5S2/c1-14-12-17(24-20(25)10-11-30(24,26)27)8-9-19(14)31(28,29)22-13-18(23(2)3)15-4-6-16(21)7-5-15/h4-9,12,18,22H,10-11,13H2,1-3H3. The Bertz CT molecular complexity index is 1200. The van der Waals surface area contributed by atoms with Crippen LogP contribution in [0.1, 0.15) is 23.6 Å². The van der Waals surface area contributed by atoms with E-state index >= 15 is 0 Å². The molecule has 8 nitrogen and oxygen atoms in total. The predicted octanol–water partition coefficient (Wildman–Crippen LogP) is 2.30. The molecule has 0 radical (unpaired) electrons. The molecule has 31 heavy (non-hydrogen) atoms. The zero-order valence-corrected chi connectivity index (χ0v) is 19.8. The number of likely N-dealkylation sites (N-methyl/N-ethyl adjacent to an activating group) is 1. The van der Waals surface area contributed by atoms with Crippen molar-refractivity contribution < 1.29 is 21.6 Å². The Morgan fingerprint density at radius 3 is 2.32 bits per heavy atom. The highest BCUT2D eigenvalue weighted by atomic mass is 35.5. The third kappa shape index (κ3) is 5.09. The number of amides is 1. The second-order valence-corrected chi connectivity index (χ2v) is 11.7. The maximum atomic E-state index is 12.9. The molecule has 0 spiro atoms. The maximum Gasteiger partial charge on any atom is 0.242 e. The van der Waals surface area contributed by atoms with E-state index in [4.69, 9.17) is 11.6 Å².